The van der Waals surface area contributed by atoms with Crippen LogP contribution in [-0.2, 0) is 9.59 Å². The summed E-state index contributed by atoms with van der Waals surface area (Å²) < 4.78 is 0. The molecule has 1 rings (SSSR count). The molecular weight excluding hydrogens is 250 g/mol. The maximum Gasteiger partial charge on any atom is 0.304 e. The minimum atomic E-state index is -0.833. The van der Waals surface area contributed by atoms with Gasteiger partial charge in [-0.25, -0.2) is 0 Å². The molecule has 0 heterocycles. The molecular formula is C13H17NO3S. The number of nitrogens with one attached hydrogen (secondary N) is 1. The van der Waals surface area contributed by atoms with Gasteiger partial charge in [-0.3, -0.25) is 9.59 Å². The number of carbonyl (C=O) groups is 2. The Labute approximate surface area is 111 Å². The van der Waals surface area contributed by atoms with Gasteiger partial charge in [0.2, 0.25) is 5.91 Å². The summed E-state index contributed by atoms with van der Waals surface area (Å²) in [6, 6.07) is 9.68. The second-order valence-corrected chi connectivity index (χ2v) is 5.00. The highest BCUT2D eigenvalue weighted by Crippen LogP contribution is 2.11. The normalized spacial score (nSPS) is 11.8. The van der Waals surface area contributed by atoms with E-state index in [9.17, 15) is 9.59 Å². The van der Waals surface area contributed by atoms with Crippen molar-refractivity contribution in [2.45, 2.75) is 19.4 Å². The molecule has 0 bridgehead atoms. The number of amides is 1. The van der Waals surface area contributed by atoms with Gasteiger partial charge in [0.05, 0.1) is 18.2 Å². The van der Waals surface area contributed by atoms with Crippen LogP contribution in [0.25, 0.3) is 0 Å². The van der Waals surface area contributed by atoms with Crippen molar-refractivity contribution in [2.75, 3.05) is 11.5 Å². The van der Waals surface area contributed by atoms with E-state index in [0.717, 1.165) is 5.56 Å². The molecule has 0 aromatic heterocycles. The van der Waals surface area contributed by atoms with Crippen LogP contribution in [0.4, 0.5) is 0 Å². The van der Waals surface area contributed by atoms with Gasteiger partial charge in [0.25, 0.3) is 0 Å². The summed E-state index contributed by atoms with van der Waals surface area (Å²) in [6.45, 7) is 1.93. The van der Waals surface area contributed by atoms with E-state index in [1.54, 1.807) is 0 Å². The lowest BCUT2D eigenvalue weighted by Crippen LogP contribution is -2.28. The number of hydrogen-bond acceptors (Lipinski definition) is 3. The molecule has 0 spiro atoms. The topological polar surface area (TPSA) is 66.4 Å². The summed E-state index contributed by atoms with van der Waals surface area (Å²) in [5.74, 6) is -0.144. The molecule has 4 nitrogen and oxygen atoms in total. The molecule has 2 N–H and O–H groups in total. The number of carbonyl (C=O) groups excluding carboxylic acids is 1. The number of hydrogen-bond donors (Lipinski definition) is 2. The minimum Gasteiger partial charge on any atom is -0.481 e. The van der Waals surface area contributed by atoms with Gasteiger partial charge < -0.3 is 10.4 Å². The monoisotopic (exact) mass is 267 g/mol. The molecule has 0 fully saturated rings. The van der Waals surface area contributed by atoms with E-state index in [0.29, 0.717) is 11.5 Å². The van der Waals surface area contributed by atoms with E-state index in [-0.39, 0.29) is 18.4 Å². The van der Waals surface area contributed by atoms with Crippen LogP contribution in [0, 0.1) is 0 Å². The van der Waals surface area contributed by atoms with E-state index in [4.69, 9.17) is 5.11 Å². The molecule has 98 valence electrons. The van der Waals surface area contributed by atoms with Crippen molar-refractivity contribution in [3.8, 4) is 0 Å². The third kappa shape index (κ3) is 5.72. The Hall–Kier alpha value is -1.49. The van der Waals surface area contributed by atoms with Gasteiger partial charge in [-0.1, -0.05) is 30.3 Å². The first-order chi connectivity index (χ1) is 8.59. The molecule has 0 unspecified atom stereocenters. The molecule has 0 aliphatic rings. The lowest BCUT2D eigenvalue weighted by atomic mass is 10.1. The first kappa shape index (κ1) is 14.6. The number of rotatable bonds is 7. The second-order valence-electron chi connectivity index (χ2n) is 3.90. The highest BCUT2D eigenvalue weighted by Gasteiger charge is 2.09. The number of carboxylic acids is 1. The summed E-state index contributed by atoms with van der Waals surface area (Å²) >= 11 is 1.33. The van der Waals surface area contributed by atoms with Crippen LogP contribution in [0.1, 0.15) is 24.9 Å². The van der Waals surface area contributed by atoms with Crippen molar-refractivity contribution in [3.63, 3.8) is 0 Å². The number of thioether (sulfide) groups is 1. The van der Waals surface area contributed by atoms with Crippen LogP contribution in [0.2, 0.25) is 0 Å². The lowest BCUT2D eigenvalue weighted by Gasteiger charge is -2.13. The van der Waals surface area contributed by atoms with Crippen molar-refractivity contribution in [1.29, 1.82) is 0 Å². The standard InChI is InChI=1S/C13H17NO3S/c1-10(11-5-3-2-4-6-11)14-12(15)9-18-8-7-13(16)17/h2-6,10H,7-9H2,1H3,(H,14,15)(H,16,17)/t10-/m0/s1. The van der Waals surface area contributed by atoms with Crippen LogP contribution >= 0.6 is 11.8 Å². The smallest absolute Gasteiger partial charge is 0.304 e. The molecule has 1 aromatic carbocycles. The SMILES string of the molecule is C[C@H](NC(=O)CSCCC(=O)O)c1ccccc1. The van der Waals surface area contributed by atoms with Crippen molar-refractivity contribution in [1.82, 2.24) is 5.32 Å². The van der Waals surface area contributed by atoms with Gasteiger partial charge in [0, 0.05) is 5.75 Å². The van der Waals surface area contributed by atoms with Crippen molar-refractivity contribution < 1.29 is 14.7 Å². The van der Waals surface area contributed by atoms with Crippen molar-refractivity contribution >= 4 is 23.6 Å². The predicted octanol–water partition coefficient (Wildman–Crippen LogP) is 2.07. The number of carboxylic acid groups (broad SMARTS) is 1. The largest absolute Gasteiger partial charge is 0.481 e. The Morgan fingerprint density at radius 2 is 2.00 bits per heavy atom. The van der Waals surface area contributed by atoms with Crippen LogP contribution in [0.5, 0.6) is 0 Å². The fraction of sp³-hybridized carbons (Fsp3) is 0.385. The Morgan fingerprint density at radius 3 is 2.61 bits per heavy atom. The number of aliphatic carboxylic acids is 1. The van der Waals surface area contributed by atoms with E-state index in [2.05, 4.69) is 5.32 Å². The Morgan fingerprint density at radius 1 is 1.33 bits per heavy atom. The lowest BCUT2D eigenvalue weighted by molar-refractivity contribution is -0.136. The summed E-state index contributed by atoms with van der Waals surface area (Å²) in [7, 11) is 0. The van der Waals surface area contributed by atoms with E-state index < -0.39 is 5.97 Å². The fourth-order valence-corrected chi connectivity index (χ4v) is 2.16. The third-order valence-electron chi connectivity index (χ3n) is 2.37. The zero-order chi connectivity index (χ0) is 13.4. The second kappa shape index (κ2) is 7.76. The highest BCUT2D eigenvalue weighted by molar-refractivity contribution is 7.99. The average Bonchev–Trinajstić information content (AvgIpc) is 2.35. The van der Waals surface area contributed by atoms with Crippen LogP contribution in [0.15, 0.2) is 30.3 Å². The maximum atomic E-state index is 11.6. The summed E-state index contributed by atoms with van der Waals surface area (Å²) in [5.41, 5.74) is 1.06. The molecule has 0 aliphatic heterocycles. The zero-order valence-corrected chi connectivity index (χ0v) is 11.1. The molecule has 5 heteroatoms. The molecule has 0 saturated heterocycles. The molecule has 1 amide bonds. The Bertz CT molecular complexity index is 394. The van der Waals surface area contributed by atoms with Gasteiger partial charge in [0.1, 0.15) is 0 Å². The maximum absolute atomic E-state index is 11.6. The van der Waals surface area contributed by atoms with E-state index in [1.807, 2.05) is 37.3 Å². The first-order valence-electron chi connectivity index (χ1n) is 5.73. The van der Waals surface area contributed by atoms with Gasteiger partial charge in [0.15, 0.2) is 0 Å². The van der Waals surface area contributed by atoms with Crippen molar-refractivity contribution in [3.05, 3.63) is 35.9 Å². The van der Waals surface area contributed by atoms with Gasteiger partial charge in [-0.05, 0) is 12.5 Å². The average molecular weight is 267 g/mol. The predicted molar refractivity (Wildman–Crippen MR) is 72.6 cm³/mol. The molecule has 1 atom stereocenters. The van der Waals surface area contributed by atoms with E-state index >= 15 is 0 Å². The summed E-state index contributed by atoms with van der Waals surface area (Å²) in [4.78, 5) is 21.9. The van der Waals surface area contributed by atoms with Crippen LogP contribution < -0.4 is 5.32 Å². The quantitative estimate of drug-likeness (QED) is 0.742. The van der Waals surface area contributed by atoms with Crippen LogP contribution in [-0.4, -0.2) is 28.5 Å². The Kier molecular flexibility index (Phi) is 6.28. The molecule has 0 aliphatic carbocycles. The minimum absolute atomic E-state index is 0.0289. The number of benzene rings is 1. The summed E-state index contributed by atoms with van der Waals surface area (Å²) in [6.07, 6.45) is 0.0895. The first-order valence-corrected chi connectivity index (χ1v) is 6.89. The van der Waals surface area contributed by atoms with Gasteiger partial charge in [-0.15, -0.1) is 0 Å². The molecule has 0 radical (unpaired) electrons. The fourth-order valence-electron chi connectivity index (χ4n) is 1.43. The van der Waals surface area contributed by atoms with Crippen LogP contribution in [0.3, 0.4) is 0 Å². The van der Waals surface area contributed by atoms with Gasteiger partial charge >= 0.3 is 5.97 Å². The van der Waals surface area contributed by atoms with Gasteiger partial charge in [-0.2, -0.15) is 11.8 Å². The third-order valence-corrected chi connectivity index (χ3v) is 3.33. The molecule has 18 heavy (non-hydrogen) atoms. The summed E-state index contributed by atoms with van der Waals surface area (Å²) in [5, 5.41) is 11.3. The highest BCUT2D eigenvalue weighted by atomic mass is 32.2. The molecule has 0 saturated carbocycles. The molecule has 1 aromatic rings. The van der Waals surface area contributed by atoms with E-state index in [1.165, 1.54) is 11.8 Å². The Balaban J connectivity index is 2.26. The zero-order valence-electron chi connectivity index (χ0n) is 10.3. The van der Waals surface area contributed by atoms with Crippen molar-refractivity contribution in [2.24, 2.45) is 0 Å².